The molecule has 2 heterocycles. The Bertz CT molecular complexity index is 645. The molecule has 0 radical (unpaired) electrons. The number of carbonyl (C=O) groups is 1. The van der Waals surface area contributed by atoms with Gasteiger partial charge in [-0.2, -0.15) is 10.2 Å². The zero-order valence-corrected chi connectivity index (χ0v) is 11.8. The zero-order chi connectivity index (χ0) is 14.8. The van der Waals surface area contributed by atoms with Crippen molar-refractivity contribution < 1.29 is 9.90 Å². The molecule has 108 valence electrons. The fourth-order valence-corrected chi connectivity index (χ4v) is 2.22. The molecular weight excluding hydrogens is 292 g/mol. The van der Waals surface area contributed by atoms with Crippen LogP contribution >= 0.6 is 11.6 Å². The summed E-state index contributed by atoms with van der Waals surface area (Å²) in [4.78, 5) is 12.8. The van der Waals surface area contributed by atoms with E-state index in [4.69, 9.17) is 11.6 Å². The third-order valence-corrected chi connectivity index (χ3v) is 3.50. The Kier molecular flexibility index (Phi) is 3.72. The summed E-state index contributed by atoms with van der Waals surface area (Å²) in [5, 5.41) is 21.1. The second-order valence-corrected chi connectivity index (χ2v) is 5.15. The van der Waals surface area contributed by atoms with Gasteiger partial charge in [0.25, 0.3) is 0 Å². The van der Waals surface area contributed by atoms with Crippen LogP contribution in [-0.4, -0.2) is 39.0 Å². The Balaban J connectivity index is 1.75. The number of benzene rings is 1. The number of nitrogens with zero attached hydrogens (tertiary/aromatic N) is 3. The van der Waals surface area contributed by atoms with E-state index in [1.165, 1.54) is 4.90 Å². The van der Waals surface area contributed by atoms with Crippen LogP contribution in [0.5, 0.6) is 0 Å². The van der Waals surface area contributed by atoms with E-state index in [1.54, 1.807) is 18.2 Å². The Morgan fingerprint density at radius 3 is 2.57 bits per heavy atom. The molecule has 1 aromatic heterocycles. The van der Waals surface area contributed by atoms with E-state index in [0.717, 1.165) is 11.3 Å². The monoisotopic (exact) mass is 304 g/mol. The standard InChI is InChI=1S/C14H13ClN4O2/c15-10-3-1-9(2-4-10)12-6-5-11(17-18-12)8-19-13(20)7-16-14(19)21/h1-6,13,20H,7-8H2,(H,16,21). The highest BCUT2D eigenvalue weighted by Gasteiger charge is 2.28. The number of aromatic nitrogens is 2. The third-order valence-electron chi connectivity index (χ3n) is 3.25. The van der Waals surface area contributed by atoms with Crippen molar-refractivity contribution in [2.75, 3.05) is 6.54 Å². The Labute approximate surface area is 126 Å². The lowest BCUT2D eigenvalue weighted by atomic mass is 10.1. The van der Waals surface area contributed by atoms with Gasteiger partial charge >= 0.3 is 6.03 Å². The summed E-state index contributed by atoms with van der Waals surface area (Å²) in [6.45, 7) is 0.454. The van der Waals surface area contributed by atoms with Crippen molar-refractivity contribution in [1.82, 2.24) is 20.4 Å². The number of hydrogen-bond donors (Lipinski definition) is 2. The number of rotatable bonds is 3. The normalized spacial score (nSPS) is 17.9. The highest BCUT2D eigenvalue weighted by Crippen LogP contribution is 2.19. The fourth-order valence-electron chi connectivity index (χ4n) is 2.10. The molecule has 3 rings (SSSR count). The number of halogens is 1. The molecule has 1 aliphatic heterocycles. The van der Waals surface area contributed by atoms with Gasteiger partial charge in [-0.3, -0.25) is 4.90 Å². The van der Waals surface area contributed by atoms with Crippen LogP contribution in [0.15, 0.2) is 36.4 Å². The highest BCUT2D eigenvalue weighted by molar-refractivity contribution is 6.30. The molecule has 2 aromatic rings. The summed E-state index contributed by atoms with van der Waals surface area (Å²) in [7, 11) is 0. The summed E-state index contributed by atoms with van der Waals surface area (Å²) in [5.41, 5.74) is 2.25. The number of amides is 2. The number of β-amino-alcohol motifs (C(OH)–C–C–N with tert-alkyl or cyclic N) is 1. The minimum absolute atomic E-state index is 0.223. The largest absolute Gasteiger partial charge is 0.372 e. The fraction of sp³-hybridized carbons (Fsp3) is 0.214. The van der Waals surface area contributed by atoms with Crippen LogP contribution in [0.2, 0.25) is 5.02 Å². The summed E-state index contributed by atoms with van der Waals surface area (Å²) in [6.07, 6.45) is -0.824. The first-order valence-corrected chi connectivity index (χ1v) is 6.82. The van der Waals surface area contributed by atoms with Crippen molar-refractivity contribution in [1.29, 1.82) is 0 Å². The van der Waals surface area contributed by atoms with Crippen LogP contribution in [0.1, 0.15) is 5.69 Å². The van der Waals surface area contributed by atoms with Crippen molar-refractivity contribution in [2.24, 2.45) is 0 Å². The smallest absolute Gasteiger partial charge is 0.320 e. The topological polar surface area (TPSA) is 78.4 Å². The van der Waals surface area contributed by atoms with Gasteiger partial charge in [0.15, 0.2) is 0 Å². The molecule has 1 aliphatic rings. The number of aliphatic hydroxyl groups is 1. The first-order chi connectivity index (χ1) is 10.1. The van der Waals surface area contributed by atoms with Crippen molar-refractivity contribution >= 4 is 17.6 Å². The van der Waals surface area contributed by atoms with Crippen molar-refractivity contribution in [3.63, 3.8) is 0 Å². The predicted octanol–water partition coefficient (Wildman–Crippen LogP) is 1.64. The van der Waals surface area contributed by atoms with E-state index in [9.17, 15) is 9.90 Å². The van der Waals surface area contributed by atoms with Gasteiger partial charge in [-0.05, 0) is 24.3 Å². The SMILES string of the molecule is O=C1NCC(O)N1Cc1ccc(-c2ccc(Cl)cc2)nn1. The molecule has 7 heteroatoms. The van der Waals surface area contributed by atoms with E-state index in [-0.39, 0.29) is 19.1 Å². The number of urea groups is 1. The van der Waals surface area contributed by atoms with Crippen LogP contribution in [0.3, 0.4) is 0 Å². The van der Waals surface area contributed by atoms with Gasteiger partial charge < -0.3 is 10.4 Å². The third kappa shape index (κ3) is 2.96. The van der Waals surface area contributed by atoms with Crippen molar-refractivity contribution in [3.8, 4) is 11.3 Å². The maximum absolute atomic E-state index is 11.5. The number of aliphatic hydroxyl groups excluding tert-OH is 1. The van der Waals surface area contributed by atoms with E-state index in [1.807, 2.05) is 18.2 Å². The Hall–Kier alpha value is -2.18. The lowest BCUT2D eigenvalue weighted by Gasteiger charge is -2.17. The molecule has 6 nitrogen and oxygen atoms in total. The van der Waals surface area contributed by atoms with Gasteiger partial charge in [0.2, 0.25) is 0 Å². The van der Waals surface area contributed by atoms with Crippen LogP contribution in [0.4, 0.5) is 4.79 Å². The first-order valence-electron chi connectivity index (χ1n) is 6.44. The summed E-state index contributed by atoms with van der Waals surface area (Å²) in [5.74, 6) is 0. The first kappa shape index (κ1) is 13.8. The van der Waals surface area contributed by atoms with Gasteiger partial charge in [-0.25, -0.2) is 4.79 Å². The molecule has 1 fully saturated rings. The molecule has 2 N–H and O–H groups in total. The average molecular weight is 305 g/mol. The van der Waals surface area contributed by atoms with Gasteiger partial charge in [0.05, 0.1) is 24.5 Å². The number of hydrogen-bond acceptors (Lipinski definition) is 4. The Morgan fingerprint density at radius 1 is 1.24 bits per heavy atom. The average Bonchev–Trinajstić information content (AvgIpc) is 2.81. The van der Waals surface area contributed by atoms with Crippen LogP contribution in [0.25, 0.3) is 11.3 Å². The maximum Gasteiger partial charge on any atom is 0.320 e. The molecule has 21 heavy (non-hydrogen) atoms. The predicted molar refractivity (Wildman–Crippen MR) is 77.4 cm³/mol. The molecule has 0 aliphatic carbocycles. The van der Waals surface area contributed by atoms with Gasteiger partial charge in [0.1, 0.15) is 6.23 Å². The van der Waals surface area contributed by atoms with E-state index < -0.39 is 6.23 Å². The zero-order valence-electron chi connectivity index (χ0n) is 11.0. The van der Waals surface area contributed by atoms with Gasteiger partial charge in [0, 0.05) is 10.6 Å². The van der Waals surface area contributed by atoms with E-state index >= 15 is 0 Å². The minimum atomic E-state index is -0.824. The van der Waals surface area contributed by atoms with Gasteiger partial charge in [-0.1, -0.05) is 23.7 Å². The van der Waals surface area contributed by atoms with Gasteiger partial charge in [-0.15, -0.1) is 0 Å². The maximum atomic E-state index is 11.5. The minimum Gasteiger partial charge on any atom is -0.372 e. The van der Waals surface area contributed by atoms with E-state index in [0.29, 0.717) is 10.7 Å². The van der Waals surface area contributed by atoms with Crippen LogP contribution in [-0.2, 0) is 6.54 Å². The lowest BCUT2D eigenvalue weighted by molar-refractivity contribution is 0.0593. The number of nitrogens with one attached hydrogen (secondary N) is 1. The molecule has 0 saturated carbocycles. The molecule has 1 aromatic carbocycles. The second-order valence-electron chi connectivity index (χ2n) is 4.71. The quantitative estimate of drug-likeness (QED) is 0.903. The highest BCUT2D eigenvalue weighted by atomic mass is 35.5. The molecule has 0 bridgehead atoms. The molecule has 0 spiro atoms. The second kappa shape index (κ2) is 5.67. The summed E-state index contributed by atoms with van der Waals surface area (Å²) >= 11 is 5.84. The van der Waals surface area contributed by atoms with E-state index in [2.05, 4.69) is 15.5 Å². The summed E-state index contributed by atoms with van der Waals surface area (Å²) < 4.78 is 0. The van der Waals surface area contributed by atoms with Crippen molar-refractivity contribution in [2.45, 2.75) is 12.8 Å². The molecule has 1 unspecified atom stereocenters. The van der Waals surface area contributed by atoms with Crippen LogP contribution < -0.4 is 5.32 Å². The summed E-state index contributed by atoms with van der Waals surface area (Å²) in [6, 6.07) is 10.6. The molecule has 1 saturated heterocycles. The lowest BCUT2D eigenvalue weighted by Crippen LogP contribution is -2.33. The molecule has 2 amide bonds. The van der Waals surface area contributed by atoms with Crippen LogP contribution in [0, 0.1) is 0 Å². The molecule has 1 atom stereocenters. The Morgan fingerprint density at radius 2 is 2.00 bits per heavy atom. The number of carbonyl (C=O) groups excluding carboxylic acids is 1. The molecular formula is C14H13ClN4O2. The van der Waals surface area contributed by atoms with Crippen molar-refractivity contribution in [3.05, 3.63) is 47.1 Å².